The summed E-state index contributed by atoms with van der Waals surface area (Å²) in [4.78, 5) is 29.5. The predicted molar refractivity (Wildman–Crippen MR) is 92.5 cm³/mol. The first-order chi connectivity index (χ1) is 11.7. The number of likely N-dealkylation sites (tertiary alicyclic amines) is 2. The van der Waals surface area contributed by atoms with Gasteiger partial charge in [-0.2, -0.15) is 0 Å². The standard InChI is InChI=1S/C20H26N2O2/c23-19(15-7-3-1-4-8-15)21-12-11-17-13-22(18(17)14-21)20(24)16-9-5-2-6-10-16/h1,3-4,7-8,16-18H,2,5-6,9-14H2/t17-,18-/m1/s1. The first kappa shape index (κ1) is 15.7. The van der Waals surface area contributed by atoms with Gasteiger partial charge >= 0.3 is 0 Å². The number of benzene rings is 1. The molecule has 1 aromatic carbocycles. The minimum absolute atomic E-state index is 0.103. The molecule has 0 bridgehead atoms. The van der Waals surface area contributed by atoms with Crippen LogP contribution in [0.2, 0.25) is 0 Å². The molecule has 2 amide bonds. The molecule has 4 heteroatoms. The van der Waals surface area contributed by atoms with Gasteiger partial charge in [0.1, 0.15) is 0 Å². The van der Waals surface area contributed by atoms with Gasteiger partial charge in [-0.15, -0.1) is 0 Å². The lowest BCUT2D eigenvalue weighted by Gasteiger charge is -2.54. The van der Waals surface area contributed by atoms with Gasteiger partial charge in [-0.3, -0.25) is 9.59 Å². The highest BCUT2D eigenvalue weighted by Gasteiger charge is 2.47. The Hall–Kier alpha value is -1.84. The fourth-order valence-corrected chi connectivity index (χ4v) is 4.58. The van der Waals surface area contributed by atoms with E-state index in [1.807, 2.05) is 35.2 Å². The lowest BCUT2D eigenvalue weighted by atomic mass is 9.79. The lowest BCUT2D eigenvalue weighted by molar-refractivity contribution is -0.153. The van der Waals surface area contributed by atoms with Gasteiger partial charge < -0.3 is 9.80 Å². The number of amides is 2. The normalized spacial score (nSPS) is 27.3. The zero-order valence-corrected chi connectivity index (χ0v) is 14.2. The van der Waals surface area contributed by atoms with Crippen LogP contribution < -0.4 is 0 Å². The minimum atomic E-state index is 0.103. The van der Waals surface area contributed by atoms with Crippen LogP contribution in [0.1, 0.15) is 48.9 Å². The second-order valence-corrected chi connectivity index (χ2v) is 7.56. The second kappa shape index (κ2) is 6.58. The van der Waals surface area contributed by atoms with E-state index in [0.717, 1.165) is 37.9 Å². The van der Waals surface area contributed by atoms with Crippen LogP contribution in [-0.2, 0) is 4.79 Å². The van der Waals surface area contributed by atoms with Gasteiger partial charge in [0.15, 0.2) is 0 Å². The Labute approximate surface area is 143 Å². The largest absolute Gasteiger partial charge is 0.337 e. The molecule has 1 saturated carbocycles. The first-order valence-electron chi connectivity index (χ1n) is 9.39. The number of hydrogen-bond donors (Lipinski definition) is 0. The fourth-order valence-electron chi connectivity index (χ4n) is 4.58. The van der Waals surface area contributed by atoms with Crippen LogP contribution >= 0.6 is 0 Å². The molecule has 24 heavy (non-hydrogen) atoms. The molecule has 3 fully saturated rings. The molecule has 1 aromatic rings. The van der Waals surface area contributed by atoms with Crippen LogP contribution in [0.15, 0.2) is 30.3 Å². The van der Waals surface area contributed by atoms with E-state index in [4.69, 9.17) is 0 Å². The number of fused-ring (bicyclic) bond motifs is 1. The summed E-state index contributed by atoms with van der Waals surface area (Å²) in [6.07, 6.45) is 6.79. The third kappa shape index (κ3) is 2.83. The summed E-state index contributed by atoms with van der Waals surface area (Å²) < 4.78 is 0. The SMILES string of the molecule is O=C(c1ccccc1)N1CC[C@@H]2CN(C(=O)C3CCCCC3)[C@@H]2C1. The second-order valence-electron chi connectivity index (χ2n) is 7.56. The molecule has 4 nitrogen and oxygen atoms in total. The Morgan fingerprint density at radius 3 is 2.42 bits per heavy atom. The van der Waals surface area contributed by atoms with Crippen molar-refractivity contribution in [2.45, 2.75) is 44.6 Å². The van der Waals surface area contributed by atoms with E-state index in [2.05, 4.69) is 4.90 Å². The molecule has 2 aliphatic heterocycles. The summed E-state index contributed by atoms with van der Waals surface area (Å²) >= 11 is 0. The molecule has 4 rings (SSSR count). The minimum Gasteiger partial charge on any atom is -0.337 e. The molecule has 0 spiro atoms. The van der Waals surface area contributed by atoms with Gasteiger partial charge in [0.05, 0.1) is 6.04 Å². The Morgan fingerprint density at radius 2 is 1.67 bits per heavy atom. The average Bonchev–Trinajstić information content (AvgIpc) is 2.63. The lowest BCUT2D eigenvalue weighted by Crippen LogP contribution is -2.67. The summed E-state index contributed by atoms with van der Waals surface area (Å²) in [5, 5.41) is 0. The average molecular weight is 326 g/mol. The van der Waals surface area contributed by atoms with Crippen LogP contribution in [-0.4, -0.2) is 47.3 Å². The molecule has 0 unspecified atom stereocenters. The molecule has 2 atom stereocenters. The number of nitrogens with zero attached hydrogens (tertiary/aromatic N) is 2. The number of piperidine rings is 1. The molecule has 0 N–H and O–H groups in total. The molecular weight excluding hydrogens is 300 g/mol. The van der Waals surface area contributed by atoms with Gasteiger partial charge in [0, 0.05) is 37.0 Å². The van der Waals surface area contributed by atoms with Crippen LogP contribution in [0.4, 0.5) is 0 Å². The Balaban J connectivity index is 1.41. The zero-order valence-electron chi connectivity index (χ0n) is 14.2. The van der Waals surface area contributed by atoms with Crippen LogP contribution in [0.25, 0.3) is 0 Å². The molecule has 1 aliphatic carbocycles. The summed E-state index contributed by atoms with van der Waals surface area (Å²) in [6.45, 7) is 2.44. The zero-order chi connectivity index (χ0) is 16.5. The predicted octanol–water partition coefficient (Wildman–Crippen LogP) is 2.94. The van der Waals surface area contributed by atoms with Crippen molar-refractivity contribution in [1.82, 2.24) is 9.80 Å². The Morgan fingerprint density at radius 1 is 0.917 bits per heavy atom. The third-order valence-corrected chi connectivity index (χ3v) is 6.10. The highest BCUT2D eigenvalue weighted by Crippen LogP contribution is 2.36. The van der Waals surface area contributed by atoms with Gasteiger partial charge in [-0.1, -0.05) is 37.5 Å². The molecule has 0 aromatic heterocycles. The molecule has 0 radical (unpaired) electrons. The van der Waals surface area contributed by atoms with Crippen molar-refractivity contribution >= 4 is 11.8 Å². The van der Waals surface area contributed by atoms with Crippen molar-refractivity contribution in [1.29, 1.82) is 0 Å². The van der Waals surface area contributed by atoms with Gasteiger partial charge in [-0.25, -0.2) is 0 Å². The van der Waals surface area contributed by atoms with Crippen molar-refractivity contribution in [2.75, 3.05) is 19.6 Å². The maximum atomic E-state index is 12.8. The van der Waals surface area contributed by atoms with Crippen molar-refractivity contribution in [2.24, 2.45) is 11.8 Å². The van der Waals surface area contributed by atoms with Crippen LogP contribution in [0.5, 0.6) is 0 Å². The van der Waals surface area contributed by atoms with E-state index >= 15 is 0 Å². The Kier molecular flexibility index (Phi) is 4.30. The monoisotopic (exact) mass is 326 g/mol. The van der Waals surface area contributed by atoms with Gasteiger partial charge in [0.25, 0.3) is 5.91 Å². The maximum absolute atomic E-state index is 12.8. The molecule has 3 aliphatic rings. The van der Waals surface area contributed by atoms with Crippen molar-refractivity contribution < 1.29 is 9.59 Å². The Bertz CT molecular complexity index is 609. The molecule has 2 saturated heterocycles. The van der Waals surface area contributed by atoms with E-state index < -0.39 is 0 Å². The van der Waals surface area contributed by atoms with Crippen LogP contribution in [0, 0.1) is 11.8 Å². The number of hydrogen-bond acceptors (Lipinski definition) is 2. The highest BCUT2D eigenvalue weighted by molar-refractivity contribution is 5.94. The summed E-state index contributed by atoms with van der Waals surface area (Å²) in [5.74, 6) is 1.29. The quantitative estimate of drug-likeness (QED) is 0.838. The van der Waals surface area contributed by atoms with E-state index in [1.165, 1.54) is 19.3 Å². The fraction of sp³-hybridized carbons (Fsp3) is 0.600. The number of carbonyl (C=O) groups is 2. The summed E-state index contributed by atoms with van der Waals surface area (Å²) in [7, 11) is 0. The molecule has 2 heterocycles. The first-order valence-corrected chi connectivity index (χ1v) is 9.39. The maximum Gasteiger partial charge on any atom is 0.253 e. The highest BCUT2D eigenvalue weighted by atomic mass is 16.2. The molecular formula is C20H26N2O2. The topological polar surface area (TPSA) is 40.6 Å². The van der Waals surface area contributed by atoms with E-state index in [0.29, 0.717) is 18.4 Å². The third-order valence-electron chi connectivity index (χ3n) is 6.10. The van der Waals surface area contributed by atoms with E-state index in [9.17, 15) is 9.59 Å². The van der Waals surface area contributed by atoms with E-state index in [-0.39, 0.29) is 17.9 Å². The summed E-state index contributed by atoms with van der Waals surface area (Å²) in [5.41, 5.74) is 0.750. The summed E-state index contributed by atoms with van der Waals surface area (Å²) in [6, 6.07) is 9.74. The van der Waals surface area contributed by atoms with Crippen LogP contribution in [0.3, 0.4) is 0 Å². The number of carbonyl (C=O) groups excluding carboxylic acids is 2. The van der Waals surface area contributed by atoms with E-state index in [1.54, 1.807) is 0 Å². The van der Waals surface area contributed by atoms with Crippen molar-refractivity contribution in [3.8, 4) is 0 Å². The molecule has 128 valence electrons. The van der Waals surface area contributed by atoms with Gasteiger partial charge in [-0.05, 0) is 31.4 Å². The van der Waals surface area contributed by atoms with Crippen molar-refractivity contribution in [3.05, 3.63) is 35.9 Å². The number of rotatable bonds is 2. The van der Waals surface area contributed by atoms with Crippen molar-refractivity contribution in [3.63, 3.8) is 0 Å². The van der Waals surface area contributed by atoms with Gasteiger partial charge in [0.2, 0.25) is 5.91 Å². The smallest absolute Gasteiger partial charge is 0.253 e.